The van der Waals surface area contributed by atoms with Crippen LogP contribution in [-0.2, 0) is 4.79 Å². The van der Waals surface area contributed by atoms with Crippen molar-refractivity contribution in [2.45, 2.75) is 24.9 Å². The molecule has 1 heterocycles. The molecule has 1 aliphatic heterocycles. The smallest absolute Gasteiger partial charge is 0.408 e. The van der Waals surface area contributed by atoms with E-state index in [0.717, 1.165) is 4.90 Å². The third-order valence-corrected chi connectivity index (χ3v) is 3.24. The monoisotopic (exact) mass is 201 g/mol. The molecule has 1 saturated carbocycles. The van der Waals surface area contributed by atoms with E-state index in [1.54, 1.807) is 0 Å². The number of carboxylic acid groups (broad SMARTS) is 2. The molecule has 0 spiro atoms. The third kappa shape index (κ3) is 1.00. The van der Waals surface area contributed by atoms with Crippen LogP contribution in [0.3, 0.4) is 0 Å². The van der Waals surface area contributed by atoms with Crippen LogP contribution in [0, 0.1) is 5.41 Å². The maximum Gasteiger partial charge on any atom is 0.408 e. The largest absolute Gasteiger partial charge is 0.480 e. The summed E-state index contributed by atoms with van der Waals surface area (Å²) in [6.07, 6.45) is -0.398. The number of nitrogens with zero attached hydrogens (tertiary/aromatic N) is 1. The van der Waals surface area contributed by atoms with Gasteiger partial charge in [-0.15, -0.1) is 0 Å². The quantitative estimate of drug-likeness (QED) is 0.563. The standard InChI is InChI=1S/C8H11NO5/c10-3-8-1-4(6(11)12)9(7(13)14)5(8)2-8/h4-5,10H,1-3H2,(H,11,12)(H,13,14)/t4-,5+,8-/m0/s1. The number of amides is 1. The van der Waals surface area contributed by atoms with Crippen LogP contribution in [-0.4, -0.2) is 51.0 Å². The summed E-state index contributed by atoms with van der Waals surface area (Å²) in [7, 11) is 0. The fourth-order valence-corrected chi connectivity index (χ4v) is 2.35. The molecule has 2 rings (SSSR count). The van der Waals surface area contributed by atoms with Crippen LogP contribution >= 0.6 is 0 Å². The summed E-state index contributed by atoms with van der Waals surface area (Å²) >= 11 is 0. The predicted octanol–water partition coefficient (Wildman–Crippen LogP) is -0.426. The summed E-state index contributed by atoms with van der Waals surface area (Å²) in [5.41, 5.74) is -0.471. The zero-order valence-corrected chi connectivity index (χ0v) is 7.38. The molecule has 14 heavy (non-hydrogen) atoms. The number of hydrogen-bond donors (Lipinski definition) is 3. The minimum Gasteiger partial charge on any atom is -0.480 e. The molecule has 2 fully saturated rings. The average Bonchev–Trinajstić information content (AvgIpc) is 2.71. The highest BCUT2D eigenvalue weighted by molar-refractivity contribution is 5.81. The zero-order valence-electron chi connectivity index (χ0n) is 7.38. The van der Waals surface area contributed by atoms with Gasteiger partial charge in [-0.3, -0.25) is 4.90 Å². The number of carbonyl (C=O) groups is 2. The van der Waals surface area contributed by atoms with Crippen molar-refractivity contribution in [1.82, 2.24) is 4.90 Å². The van der Waals surface area contributed by atoms with E-state index in [-0.39, 0.29) is 19.1 Å². The van der Waals surface area contributed by atoms with E-state index in [0.29, 0.717) is 6.42 Å². The normalized spacial score (nSPS) is 39.4. The number of aliphatic carboxylic acids is 1. The van der Waals surface area contributed by atoms with E-state index in [1.165, 1.54) is 0 Å². The first kappa shape index (κ1) is 9.26. The molecule has 0 aromatic heterocycles. The summed E-state index contributed by atoms with van der Waals surface area (Å²) in [5, 5.41) is 26.7. The van der Waals surface area contributed by atoms with Crippen LogP contribution in [0.2, 0.25) is 0 Å². The van der Waals surface area contributed by atoms with Gasteiger partial charge in [0.1, 0.15) is 6.04 Å². The van der Waals surface area contributed by atoms with Crippen LogP contribution in [0.1, 0.15) is 12.8 Å². The van der Waals surface area contributed by atoms with Crippen molar-refractivity contribution in [2.24, 2.45) is 5.41 Å². The van der Waals surface area contributed by atoms with Crippen molar-refractivity contribution in [3.8, 4) is 0 Å². The van der Waals surface area contributed by atoms with Crippen LogP contribution in [0.25, 0.3) is 0 Å². The predicted molar refractivity (Wildman–Crippen MR) is 43.8 cm³/mol. The molecule has 3 atom stereocenters. The van der Waals surface area contributed by atoms with Gasteiger partial charge in [-0.1, -0.05) is 0 Å². The first-order valence-electron chi connectivity index (χ1n) is 4.37. The molecule has 1 aliphatic carbocycles. The first-order valence-corrected chi connectivity index (χ1v) is 4.37. The van der Waals surface area contributed by atoms with Crippen LogP contribution in [0.4, 0.5) is 4.79 Å². The van der Waals surface area contributed by atoms with Crippen molar-refractivity contribution in [2.75, 3.05) is 6.61 Å². The van der Waals surface area contributed by atoms with E-state index in [9.17, 15) is 9.59 Å². The van der Waals surface area contributed by atoms with Crippen molar-refractivity contribution in [3.05, 3.63) is 0 Å². The van der Waals surface area contributed by atoms with Crippen LogP contribution in [0.5, 0.6) is 0 Å². The van der Waals surface area contributed by atoms with Gasteiger partial charge in [0.15, 0.2) is 0 Å². The van der Waals surface area contributed by atoms with E-state index in [2.05, 4.69) is 0 Å². The van der Waals surface area contributed by atoms with Gasteiger partial charge in [0.25, 0.3) is 0 Å². The number of likely N-dealkylation sites (tertiary alicyclic amines) is 1. The molecule has 3 N–H and O–H groups in total. The number of piperidine rings is 1. The maximum absolute atomic E-state index is 10.8. The molecule has 0 unspecified atom stereocenters. The molecule has 6 heteroatoms. The Kier molecular flexibility index (Phi) is 1.72. The van der Waals surface area contributed by atoms with Crippen molar-refractivity contribution < 1.29 is 24.9 Å². The summed E-state index contributed by atoms with van der Waals surface area (Å²) in [6, 6.07) is -1.29. The Hall–Kier alpha value is -1.30. The summed E-state index contributed by atoms with van der Waals surface area (Å²) < 4.78 is 0. The molecule has 0 aromatic rings. The van der Waals surface area contributed by atoms with E-state index in [1.807, 2.05) is 0 Å². The molecule has 2 aliphatic rings. The Labute approximate surface area is 79.7 Å². The van der Waals surface area contributed by atoms with Crippen LogP contribution < -0.4 is 0 Å². The molecular formula is C8H11NO5. The average molecular weight is 201 g/mol. The highest BCUT2D eigenvalue weighted by atomic mass is 16.4. The minimum atomic E-state index is -1.21. The molecule has 1 saturated heterocycles. The van der Waals surface area contributed by atoms with Gasteiger partial charge in [0.2, 0.25) is 0 Å². The number of carboxylic acids is 1. The summed E-state index contributed by atoms with van der Waals surface area (Å²) in [5.74, 6) is -1.13. The lowest BCUT2D eigenvalue weighted by molar-refractivity contribution is -0.142. The number of aliphatic hydroxyl groups excluding tert-OH is 1. The topological polar surface area (TPSA) is 98.1 Å². The molecule has 1 amide bonds. The summed E-state index contributed by atoms with van der Waals surface area (Å²) in [6.45, 7) is -0.134. The number of rotatable bonds is 2. The van der Waals surface area contributed by atoms with E-state index < -0.39 is 23.5 Å². The lowest BCUT2D eigenvalue weighted by atomic mass is 10.0. The molecule has 78 valence electrons. The van der Waals surface area contributed by atoms with E-state index >= 15 is 0 Å². The van der Waals surface area contributed by atoms with Gasteiger partial charge in [0.05, 0.1) is 6.61 Å². The lowest BCUT2D eigenvalue weighted by Gasteiger charge is -2.20. The maximum atomic E-state index is 10.8. The fraction of sp³-hybridized carbons (Fsp3) is 0.750. The van der Waals surface area contributed by atoms with Gasteiger partial charge in [-0.05, 0) is 12.8 Å². The summed E-state index contributed by atoms with van der Waals surface area (Å²) in [4.78, 5) is 22.5. The third-order valence-electron chi connectivity index (χ3n) is 3.24. The minimum absolute atomic E-state index is 0.134. The van der Waals surface area contributed by atoms with Gasteiger partial charge < -0.3 is 15.3 Å². The number of aliphatic hydroxyl groups is 1. The second-order valence-corrected chi connectivity index (χ2v) is 3.99. The van der Waals surface area contributed by atoms with Crippen molar-refractivity contribution in [1.29, 1.82) is 0 Å². The first-order chi connectivity index (χ1) is 6.52. The van der Waals surface area contributed by atoms with Gasteiger partial charge in [0, 0.05) is 11.5 Å². The van der Waals surface area contributed by atoms with Crippen LogP contribution in [0.15, 0.2) is 0 Å². The number of fused-ring (bicyclic) bond motifs is 1. The lowest BCUT2D eigenvalue weighted by Crippen LogP contribution is -2.42. The van der Waals surface area contributed by atoms with E-state index in [4.69, 9.17) is 15.3 Å². The Balaban J connectivity index is 2.22. The Morgan fingerprint density at radius 1 is 1.36 bits per heavy atom. The molecule has 0 bridgehead atoms. The van der Waals surface area contributed by atoms with Gasteiger partial charge >= 0.3 is 12.1 Å². The fourth-order valence-electron chi connectivity index (χ4n) is 2.35. The SMILES string of the molecule is O=C(O)[C@@H]1C[C@@]2(CO)C[C@H]2N1C(=O)O. The molecular weight excluding hydrogens is 190 g/mol. The Morgan fingerprint density at radius 2 is 2.00 bits per heavy atom. The van der Waals surface area contributed by atoms with Gasteiger partial charge in [-0.25, -0.2) is 9.59 Å². The second-order valence-electron chi connectivity index (χ2n) is 3.99. The Bertz CT molecular complexity index is 304. The molecule has 6 nitrogen and oxygen atoms in total. The van der Waals surface area contributed by atoms with Crippen molar-refractivity contribution >= 4 is 12.1 Å². The molecule has 0 radical (unpaired) electrons. The second kappa shape index (κ2) is 2.60. The highest BCUT2D eigenvalue weighted by Gasteiger charge is 2.67. The molecule has 0 aromatic carbocycles. The Morgan fingerprint density at radius 3 is 2.36 bits per heavy atom. The number of hydrogen-bond acceptors (Lipinski definition) is 3. The zero-order chi connectivity index (χ0) is 10.5. The van der Waals surface area contributed by atoms with Gasteiger partial charge in [-0.2, -0.15) is 0 Å². The van der Waals surface area contributed by atoms with Crippen molar-refractivity contribution in [3.63, 3.8) is 0 Å². The highest BCUT2D eigenvalue weighted by Crippen LogP contribution is 2.59.